The number of nitrogens with two attached hydrogens (primary N) is 2. The molecule has 58 heavy (non-hydrogen) atoms. The highest BCUT2D eigenvalue weighted by molar-refractivity contribution is 5.94. The number of anilines is 4. The van der Waals surface area contributed by atoms with Gasteiger partial charge in [-0.1, -0.05) is 0 Å². The van der Waals surface area contributed by atoms with Gasteiger partial charge in [0.2, 0.25) is 11.9 Å². The first-order chi connectivity index (χ1) is 27.2. The number of hydrogen-bond acceptors (Lipinski definition) is 16. The molecule has 308 valence electrons. The molecule has 6 aromatic rings. The molecule has 0 spiro atoms. The number of furan rings is 2. The van der Waals surface area contributed by atoms with Crippen LogP contribution >= 0.6 is 24.8 Å². The van der Waals surface area contributed by atoms with Crippen LogP contribution in [0.4, 0.5) is 23.5 Å². The van der Waals surface area contributed by atoms with E-state index in [0.29, 0.717) is 132 Å². The molecule has 2 saturated heterocycles. The fraction of sp³-hybridized carbons (Fsp3) is 0.316. The summed E-state index contributed by atoms with van der Waals surface area (Å²) in [7, 11) is 6.28. The molecule has 2 aliphatic heterocycles. The molecular formula is C38H44Cl2N10O8. The van der Waals surface area contributed by atoms with E-state index in [9.17, 15) is 9.59 Å². The Morgan fingerprint density at radius 1 is 0.552 bits per heavy atom. The summed E-state index contributed by atoms with van der Waals surface area (Å²) in [5.41, 5.74) is 13.7. The summed E-state index contributed by atoms with van der Waals surface area (Å²) in [6.45, 7) is 4.60. The number of halogens is 2. The summed E-state index contributed by atoms with van der Waals surface area (Å²) < 4.78 is 31.7. The van der Waals surface area contributed by atoms with Crippen molar-refractivity contribution in [2.24, 2.45) is 0 Å². The zero-order valence-electron chi connectivity index (χ0n) is 32.2. The second-order valence-electron chi connectivity index (χ2n) is 12.8. The second kappa shape index (κ2) is 18.7. The molecule has 8 rings (SSSR count). The zero-order valence-corrected chi connectivity index (χ0v) is 33.9. The Bertz CT molecular complexity index is 2170. The Labute approximate surface area is 345 Å². The predicted octanol–water partition coefficient (Wildman–Crippen LogP) is 4.41. The van der Waals surface area contributed by atoms with Gasteiger partial charge in [-0.25, -0.2) is 9.97 Å². The number of methoxy groups -OCH3 is 4. The lowest BCUT2D eigenvalue weighted by molar-refractivity contribution is 0.0707. The summed E-state index contributed by atoms with van der Waals surface area (Å²) in [5, 5.41) is 1.40. The molecule has 0 bridgehead atoms. The first-order valence-corrected chi connectivity index (χ1v) is 17.7. The van der Waals surface area contributed by atoms with E-state index in [1.165, 1.54) is 12.5 Å². The topological polar surface area (TPSA) is 214 Å². The van der Waals surface area contributed by atoms with E-state index < -0.39 is 0 Å². The smallest absolute Gasteiger partial charge is 0.289 e. The highest BCUT2D eigenvalue weighted by atomic mass is 35.5. The standard InChI is InChI=1S/2C19H21N5O4.2ClH/c2*1-26-15-10-12-13(11-16(15)27-2)21-19(22-17(12)20)24-7-5-23(6-8-24)18(25)14-4-3-9-28-14;;/h2*3-4,9-11H,5-8H2,1-2H3,(H2,20,21,22);2*1H. The molecule has 2 fully saturated rings. The summed E-state index contributed by atoms with van der Waals surface area (Å²) >= 11 is 0. The van der Waals surface area contributed by atoms with Gasteiger partial charge in [0.25, 0.3) is 11.8 Å². The third-order valence-corrected chi connectivity index (χ3v) is 9.60. The first-order valence-electron chi connectivity index (χ1n) is 17.7. The average molecular weight is 840 g/mol. The maximum Gasteiger partial charge on any atom is 0.289 e. The van der Waals surface area contributed by atoms with Gasteiger partial charge in [-0.2, -0.15) is 9.97 Å². The Morgan fingerprint density at radius 3 is 1.21 bits per heavy atom. The fourth-order valence-corrected chi connectivity index (χ4v) is 6.55. The lowest BCUT2D eigenvalue weighted by atomic mass is 10.2. The number of carbonyl (C=O) groups excluding carboxylic acids is 2. The molecule has 0 aliphatic carbocycles. The number of fused-ring (bicyclic) bond motifs is 2. The van der Waals surface area contributed by atoms with E-state index in [2.05, 4.69) is 19.9 Å². The van der Waals surface area contributed by atoms with Crippen molar-refractivity contribution in [2.45, 2.75) is 0 Å². The van der Waals surface area contributed by atoms with Gasteiger partial charge < -0.3 is 58.8 Å². The number of rotatable bonds is 8. The molecule has 4 aromatic heterocycles. The van der Waals surface area contributed by atoms with Crippen LogP contribution in [0.3, 0.4) is 0 Å². The van der Waals surface area contributed by atoms with Crippen LogP contribution in [0.1, 0.15) is 21.1 Å². The predicted molar refractivity (Wildman–Crippen MR) is 222 cm³/mol. The molecule has 0 radical (unpaired) electrons. The molecule has 2 aromatic carbocycles. The number of piperazine rings is 2. The summed E-state index contributed by atoms with van der Waals surface area (Å²) in [5.74, 6) is 4.57. The van der Waals surface area contributed by atoms with Crippen LogP contribution in [-0.2, 0) is 0 Å². The van der Waals surface area contributed by atoms with Crippen molar-refractivity contribution in [3.8, 4) is 23.0 Å². The minimum Gasteiger partial charge on any atom is -0.493 e. The SMILES string of the molecule is COc1cc2nc(N3CCN(C(=O)c4ccco4)CC3)nc(N)c2cc1OC.COc1cc2nc(N3CCN(C(=O)c4ccco4)CC3)nc(N)c2cc1OC.Cl.Cl. The summed E-state index contributed by atoms with van der Waals surface area (Å²) in [6, 6.07) is 13.9. The molecule has 0 atom stereocenters. The van der Waals surface area contributed by atoms with Crippen LogP contribution in [0.15, 0.2) is 69.9 Å². The number of ether oxygens (including phenoxy) is 4. The zero-order chi connectivity index (χ0) is 39.3. The van der Waals surface area contributed by atoms with E-state index in [-0.39, 0.29) is 36.6 Å². The minimum atomic E-state index is -0.111. The van der Waals surface area contributed by atoms with Gasteiger partial charge >= 0.3 is 0 Å². The Morgan fingerprint density at radius 2 is 0.897 bits per heavy atom. The fourth-order valence-electron chi connectivity index (χ4n) is 6.55. The number of nitrogen functional groups attached to an aromatic ring is 2. The van der Waals surface area contributed by atoms with Gasteiger partial charge in [0.05, 0.1) is 52.0 Å². The molecule has 4 N–H and O–H groups in total. The van der Waals surface area contributed by atoms with Crippen molar-refractivity contribution in [3.63, 3.8) is 0 Å². The number of aromatic nitrogens is 4. The van der Waals surface area contributed by atoms with Crippen molar-refractivity contribution < 1.29 is 37.4 Å². The van der Waals surface area contributed by atoms with Crippen LogP contribution in [0.2, 0.25) is 0 Å². The molecule has 0 saturated carbocycles. The summed E-state index contributed by atoms with van der Waals surface area (Å²) in [4.78, 5) is 50.5. The monoisotopic (exact) mass is 838 g/mol. The molecule has 2 aliphatic rings. The third kappa shape index (κ3) is 8.77. The van der Waals surface area contributed by atoms with Crippen molar-refractivity contribution in [1.29, 1.82) is 0 Å². The van der Waals surface area contributed by atoms with Crippen molar-refractivity contribution in [3.05, 3.63) is 72.6 Å². The van der Waals surface area contributed by atoms with Crippen LogP contribution < -0.4 is 40.2 Å². The van der Waals surface area contributed by atoms with Crippen molar-refractivity contribution >= 4 is 82.0 Å². The minimum absolute atomic E-state index is 0. The lowest BCUT2D eigenvalue weighted by Crippen LogP contribution is -2.49. The first kappa shape index (κ1) is 42.7. The van der Waals surface area contributed by atoms with Gasteiger partial charge in [-0.3, -0.25) is 9.59 Å². The van der Waals surface area contributed by atoms with Crippen LogP contribution in [0.5, 0.6) is 23.0 Å². The maximum absolute atomic E-state index is 12.4. The van der Waals surface area contributed by atoms with Gasteiger partial charge in [0.15, 0.2) is 34.5 Å². The molecule has 18 nitrogen and oxygen atoms in total. The van der Waals surface area contributed by atoms with E-state index >= 15 is 0 Å². The third-order valence-electron chi connectivity index (χ3n) is 9.60. The van der Waals surface area contributed by atoms with Crippen molar-refractivity contribution in [1.82, 2.24) is 29.7 Å². The summed E-state index contributed by atoms with van der Waals surface area (Å²) in [6.07, 6.45) is 3.00. The van der Waals surface area contributed by atoms with E-state index in [1.807, 2.05) is 9.80 Å². The Hall–Kier alpha value is -6.40. The van der Waals surface area contributed by atoms with E-state index in [4.69, 9.17) is 39.2 Å². The molecule has 0 unspecified atom stereocenters. The Kier molecular flexibility index (Phi) is 13.8. The number of nitrogens with zero attached hydrogens (tertiary/aromatic N) is 8. The number of hydrogen-bond donors (Lipinski definition) is 2. The second-order valence-corrected chi connectivity index (χ2v) is 12.8. The van der Waals surface area contributed by atoms with Gasteiger partial charge in [-0.05, 0) is 36.4 Å². The molecule has 20 heteroatoms. The highest BCUT2D eigenvalue weighted by Crippen LogP contribution is 2.35. The normalized spacial score (nSPS) is 13.9. The number of carbonyl (C=O) groups is 2. The van der Waals surface area contributed by atoms with E-state index in [0.717, 1.165) is 0 Å². The average Bonchev–Trinajstić information content (AvgIpc) is 3.99. The van der Waals surface area contributed by atoms with Gasteiger partial charge in [0.1, 0.15) is 11.6 Å². The van der Waals surface area contributed by atoms with Gasteiger partial charge in [-0.15, -0.1) is 24.8 Å². The highest BCUT2D eigenvalue weighted by Gasteiger charge is 2.27. The molecular weight excluding hydrogens is 795 g/mol. The molecule has 2 amide bonds. The van der Waals surface area contributed by atoms with Crippen LogP contribution in [-0.4, -0.2) is 122 Å². The number of amides is 2. The van der Waals surface area contributed by atoms with Gasteiger partial charge in [0, 0.05) is 75.3 Å². The van der Waals surface area contributed by atoms with Crippen molar-refractivity contribution in [2.75, 3.05) is 102 Å². The Balaban J connectivity index is 0.000000214. The maximum atomic E-state index is 12.4. The molecule has 6 heterocycles. The van der Waals surface area contributed by atoms with E-state index in [1.54, 1.807) is 86.8 Å². The van der Waals surface area contributed by atoms with Crippen LogP contribution in [0.25, 0.3) is 21.8 Å². The quantitative estimate of drug-likeness (QED) is 0.217. The largest absolute Gasteiger partial charge is 0.493 e. The van der Waals surface area contributed by atoms with Crippen LogP contribution in [0, 0.1) is 0 Å². The lowest BCUT2D eigenvalue weighted by Gasteiger charge is -2.34. The number of benzene rings is 2.